The number of anilines is 1. The van der Waals surface area contributed by atoms with Crippen molar-refractivity contribution in [2.24, 2.45) is 5.41 Å². The molecule has 0 heterocycles. The third-order valence-electron chi connectivity index (χ3n) is 3.89. The third-order valence-corrected chi connectivity index (χ3v) is 3.89. The minimum atomic E-state index is -0.942. The molecule has 0 aromatic heterocycles. The Morgan fingerprint density at radius 2 is 1.75 bits per heavy atom. The molecule has 0 saturated heterocycles. The van der Waals surface area contributed by atoms with Crippen LogP contribution < -0.4 is 5.32 Å². The molecule has 1 aromatic rings. The van der Waals surface area contributed by atoms with Crippen molar-refractivity contribution in [3.8, 4) is 0 Å². The zero-order valence-electron chi connectivity index (χ0n) is 11.2. The van der Waals surface area contributed by atoms with E-state index in [0.717, 1.165) is 19.3 Å². The van der Waals surface area contributed by atoms with E-state index >= 15 is 0 Å². The molecule has 2 rings (SSSR count). The van der Waals surface area contributed by atoms with Gasteiger partial charge in [-0.2, -0.15) is 0 Å². The van der Waals surface area contributed by atoms with Gasteiger partial charge in [-0.05, 0) is 37.1 Å². The van der Waals surface area contributed by atoms with E-state index in [1.54, 1.807) is 0 Å². The molecular formula is C15H18FNO3. The van der Waals surface area contributed by atoms with Crippen LogP contribution in [0, 0.1) is 11.2 Å². The summed E-state index contributed by atoms with van der Waals surface area (Å²) in [7, 11) is 0. The van der Waals surface area contributed by atoms with Crippen LogP contribution in [0.3, 0.4) is 0 Å². The largest absolute Gasteiger partial charge is 0.481 e. The molecule has 0 spiro atoms. The number of carbonyl (C=O) groups excluding carboxylic acids is 1. The summed E-state index contributed by atoms with van der Waals surface area (Å²) in [5.74, 6) is -1.61. The Labute approximate surface area is 117 Å². The number of nitrogens with one attached hydrogen (secondary N) is 1. The number of carboxylic acid groups (broad SMARTS) is 1. The predicted molar refractivity (Wildman–Crippen MR) is 72.8 cm³/mol. The van der Waals surface area contributed by atoms with E-state index in [1.165, 1.54) is 24.3 Å². The van der Waals surface area contributed by atoms with Crippen LogP contribution in [0.1, 0.15) is 38.5 Å². The first-order valence-corrected chi connectivity index (χ1v) is 6.81. The van der Waals surface area contributed by atoms with E-state index in [1.807, 2.05) is 0 Å². The molecule has 0 radical (unpaired) electrons. The lowest BCUT2D eigenvalue weighted by atomic mass is 9.71. The van der Waals surface area contributed by atoms with Gasteiger partial charge in [-0.25, -0.2) is 4.39 Å². The average molecular weight is 279 g/mol. The maximum Gasteiger partial charge on any atom is 0.310 e. The summed E-state index contributed by atoms with van der Waals surface area (Å²) in [5.41, 5.74) is -0.463. The summed E-state index contributed by atoms with van der Waals surface area (Å²) in [6.07, 6.45) is 3.76. The number of halogens is 1. The summed E-state index contributed by atoms with van der Waals surface area (Å²) in [6, 6.07) is 5.43. The van der Waals surface area contributed by atoms with Crippen molar-refractivity contribution >= 4 is 17.6 Å². The lowest BCUT2D eigenvalue weighted by Gasteiger charge is -2.32. The molecule has 0 unspecified atom stereocenters. The number of benzene rings is 1. The molecule has 1 aliphatic rings. The Bertz CT molecular complexity index is 492. The Morgan fingerprint density at radius 1 is 1.15 bits per heavy atom. The van der Waals surface area contributed by atoms with Crippen molar-refractivity contribution in [3.05, 3.63) is 30.1 Å². The van der Waals surface area contributed by atoms with Crippen LogP contribution in [0.5, 0.6) is 0 Å². The number of hydrogen-bond acceptors (Lipinski definition) is 2. The SMILES string of the molecule is O=C(CC1(C(=O)O)CCCCC1)Nc1ccc(F)cc1. The van der Waals surface area contributed by atoms with Gasteiger partial charge in [-0.1, -0.05) is 19.3 Å². The second-order valence-corrected chi connectivity index (χ2v) is 5.38. The molecule has 1 fully saturated rings. The van der Waals surface area contributed by atoms with Gasteiger partial charge in [0.15, 0.2) is 0 Å². The van der Waals surface area contributed by atoms with E-state index in [9.17, 15) is 19.1 Å². The van der Waals surface area contributed by atoms with Crippen LogP contribution in [-0.2, 0) is 9.59 Å². The van der Waals surface area contributed by atoms with Gasteiger partial charge in [0, 0.05) is 12.1 Å². The van der Waals surface area contributed by atoms with Crippen molar-refractivity contribution in [3.63, 3.8) is 0 Å². The topological polar surface area (TPSA) is 66.4 Å². The Balaban J connectivity index is 2.01. The fourth-order valence-electron chi connectivity index (χ4n) is 2.74. The summed E-state index contributed by atoms with van der Waals surface area (Å²) in [6.45, 7) is 0. The van der Waals surface area contributed by atoms with Gasteiger partial charge < -0.3 is 10.4 Å². The van der Waals surface area contributed by atoms with Crippen LogP contribution in [-0.4, -0.2) is 17.0 Å². The predicted octanol–water partition coefficient (Wildman–Crippen LogP) is 3.19. The molecule has 0 bridgehead atoms. The van der Waals surface area contributed by atoms with Crippen molar-refractivity contribution in [2.75, 3.05) is 5.32 Å². The first-order valence-electron chi connectivity index (χ1n) is 6.81. The minimum absolute atomic E-state index is 0.0281. The maximum atomic E-state index is 12.8. The first-order chi connectivity index (χ1) is 9.52. The van der Waals surface area contributed by atoms with Crippen LogP contribution in [0.4, 0.5) is 10.1 Å². The smallest absolute Gasteiger partial charge is 0.310 e. The summed E-state index contributed by atoms with van der Waals surface area (Å²) in [5, 5.41) is 12.0. The molecule has 108 valence electrons. The normalized spacial score (nSPS) is 17.4. The van der Waals surface area contributed by atoms with Gasteiger partial charge in [0.05, 0.1) is 5.41 Å². The molecule has 0 atom stereocenters. The van der Waals surface area contributed by atoms with Crippen molar-refractivity contribution in [1.29, 1.82) is 0 Å². The fourth-order valence-corrected chi connectivity index (χ4v) is 2.74. The number of aliphatic carboxylic acids is 1. The second kappa shape index (κ2) is 6.03. The van der Waals surface area contributed by atoms with Crippen LogP contribution in [0.2, 0.25) is 0 Å². The number of carbonyl (C=O) groups is 2. The lowest BCUT2D eigenvalue weighted by Crippen LogP contribution is -2.37. The van der Waals surface area contributed by atoms with Gasteiger partial charge in [0.2, 0.25) is 5.91 Å². The van der Waals surface area contributed by atoms with Crippen LogP contribution >= 0.6 is 0 Å². The second-order valence-electron chi connectivity index (χ2n) is 5.38. The summed E-state index contributed by atoms with van der Waals surface area (Å²) in [4.78, 5) is 23.5. The van der Waals surface area contributed by atoms with Gasteiger partial charge in [0.25, 0.3) is 0 Å². The quantitative estimate of drug-likeness (QED) is 0.889. The molecule has 1 saturated carbocycles. The molecule has 2 N–H and O–H groups in total. The number of hydrogen-bond donors (Lipinski definition) is 2. The Kier molecular flexibility index (Phi) is 4.37. The molecule has 4 nitrogen and oxygen atoms in total. The van der Waals surface area contributed by atoms with Gasteiger partial charge in [-0.15, -0.1) is 0 Å². The van der Waals surface area contributed by atoms with Crippen molar-refractivity contribution < 1.29 is 19.1 Å². The standard InChI is InChI=1S/C15H18FNO3/c16-11-4-6-12(7-5-11)17-13(18)10-15(14(19)20)8-2-1-3-9-15/h4-7H,1-3,8-10H2,(H,17,18)(H,19,20). The molecule has 1 amide bonds. The zero-order chi connectivity index (χ0) is 14.6. The highest BCUT2D eigenvalue weighted by Crippen LogP contribution is 2.39. The highest BCUT2D eigenvalue weighted by Gasteiger charge is 2.41. The highest BCUT2D eigenvalue weighted by atomic mass is 19.1. The zero-order valence-corrected chi connectivity index (χ0v) is 11.2. The number of amides is 1. The average Bonchev–Trinajstić information content (AvgIpc) is 2.42. The lowest BCUT2D eigenvalue weighted by molar-refractivity contribution is -0.153. The molecule has 0 aliphatic heterocycles. The van der Waals surface area contributed by atoms with E-state index in [4.69, 9.17) is 0 Å². The van der Waals surface area contributed by atoms with E-state index < -0.39 is 11.4 Å². The summed E-state index contributed by atoms with van der Waals surface area (Å²) >= 11 is 0. The van der Waals surface area contributed by atoms with Gasteiger partial charge in [-0.3, -0.25) is 9.59 Å². The highest BCUT2D eigenvalue weighted by molar-refractivity contribution is 5.94. The number of carboxylic acids is 1. The minimum Gasteiger partial charge on any atom is -0.481 e. The Hall–Kier alpha value is -1.91. The monoisotopic (exact) mass is 279 g/mol. The van der Waals surface area contributed by atoms with Crippen LogP contribution in [0.25, 0.3) is 0 Å². The molecule has 1 aliphatic carbocycles. The van der Waals surface area contributed by atoms with E-state index in [0.29, 0.717) is 18.5 Å². The maximum absolute atomic E-state index is 12.8. The van der Waals surface area contributed by atoms with Crippen LogP contribution in [0.15, 0.2) is 24.3 Å². The van der Waals surface area contributed by atoms with Gasteiger partial charge >= 0.3 is 5.97 Å². The van der Waals surface area contributed by atoms with Crippen molar-refractivity contribution in [1.82, 2.24) is 0 Å². The molecule has 1 aromatic carbocycles. The van der Waals surface area contributed by atoms with E-state index in [-0.39, 0.29) is 18.1 Å². The van der Waals surface area contributed by atoms with Gasteiger partial charge in [0.1, 0.15) is 5.82 Å². The molecule has 20 heavy (non-hydrogen) atoms. The molecule has 5 heteroatoms. The summed E-state index contributed by atoms with van der Waals surface area (Å²) < 4.78 is 12.8. The van der Waals surface area contributed by atoms with Crippen molar-refractivity contribution in [2.45, 2.75) is 38.5 Å². The Morgan fingerprint density at radius 3 is 2.30 bits per heavy atom. The molecular weight excluding hydrogens is 261 g/mol. The third kappa shape index (κ3) is 3.35. The number of rotatable bonds is 4. The fraction of sp³-hybridized carbons (Fsp3) is 0.467. The van der Waals surface area contributed by atoms with E-state index in [2.05, 4.69) is 5.32 Å². The first kappa shape index (κ1) is 14.5.